The van der Waals surface area contributed by atoms with Crippen molar-refractivity contribution in [3.8, 4) is 0 Å². The van der Waals surface area contributed by atoms with Gasteiger partial charge in [-0.05, 0) is 6.42 Å². The highest BCUT2D eigenvalue weighted by Gasteiger charge is 2.40. The highest BCUT2D eigenvalue weighted by atomic mass is 19.4. The number of nitrogens with zero attached hydrogens (tertiary/aromatic N) is 2. The van der Waals surface area contributed by atoms with Gasteiger partial charge in [0, 0.05) is 32.7 Å². The highest BCUT2D eigenvalue weighted by Crippen LogP contribution is 2.38. The van der Waals surface area contributed by atoms with Crippen LogP contribution in [0.3, 0.4) is 0 Å². The summed E-state index contributed by atoms with van der Waals surface area (Å²) in [6, 6.07) is 0. The number of halogens is 3. The summed E-state index contributed by atoms with van der Waals surface area (Å²) in [6.45, 7) is 3.05. The van der Waals surface area contributed by atoms with Crippen LogP contribution in [0.15, 0.2) is 4.79 Å². The van der Waals surface area contributed by atoms with E-state index in [1.807, 2.05) is 5.10 Å². The zero-order chi connectivity index (χ0) is 18.7. The van der Waals surface area contributed by atoms with E-state index in [4.69, 9.17) is 4.74 Å². The molecule has 26 heavy (non-hydrogen) atoms. The van der Waals surface area contributed by atoms with Crippen molar-refractivity contribution in [2.75, 3.05) is 44.6 Å². The van der Waals surface area contributed by atoms with Crippen LogP contribution in [0, 0.1) is 0 Å². The third-order valence-electron chi connectivity index (χ3n) is 4.41. The quantitative estimate of drug-likeness (QED) is 0.708. The fourth-order valence-electron chi connectivity index (χ4n) is 3.13. The van der Waals surface area contributed by atoms with E-state index in [1.165, 1.54) is 0 Å². The second-order valence-corrected chi connectivity index (χ2v) is 6.14. The van der Waals surface area contributed by atoms with E-state index >= 15 is 0 Å². The van der Waals surface area contributed by atoms with Crippen LogP contribution in [-0.2, 0) is 15.7 Å². The number of aromatic nitrogens is 2. The number of ether oxygens (including phenoxy) is 1. The molecule has 0 saturated carbocycles. The molecule has 0 unspecified atom stereocenters. The molecule has 1 aromatic rings. The molecule has 144 valence electrons. The first-order valence-electron chi connectivity index (χ1n) is 8.41. The number of anilines is 1. The lowest BCUT2D eigenvalue weighted by Gasteiger charge is -2.29. The van der Waals surface area contributed by atoms with Crippen LogP contribution in [0.5, 0.6) is 0 Å². The number of carbonyl (C=O) groups excluding carboxylic acids is 1. The predicted molar refractivity (Wildman–Crippen MR) is 85.7 cm³/mol. The predicted octanol–water partition coefficient (Wildman–Crippen LogP) is 0.484. The molecule has 1 aromatic heterocycles. The molecule has 8 nitrogen and oxygen atoms in total. The summed E-state index contributed by atoms with van der Waals surface area (Å²) < 4.78 is 45.1. The van der Waals surface area contributed by atoms with Gasteiger partial charge in [0.1, 0.15) is 17.4 Å². The summed E-state index contributed by atoms with van der Waals surface area (Å²) in [5, 5.41) is 11.4. The molecule has 1 amide bonds. The van der Waals surface area contributed by atoms with Crippen LogP contribution < -0.4 is 16.2 Å². The number of amides is 1. The molecule has 2 aliphatic heterocycles. The molecule has 3 rings (SSSR count). The summed E-state index contributed by atoms with van der Waals surface area (Å²) in [6.07, 6.45) is -4.96. The van der Waals surface area contributed by atoms with Crippen molar-refractivity contribution in [1.29, 1.82) is 0 Å². The molecule has 0 radical (unpaired) electrons. The number of carbonyl (C=O) groups is 1. The Kier molecular flexibility index (Phi) is 5.47. The smallest absolute Gasteiger partial charge is 0.383 e. The third-order valence-corrected chi connectivity index (χ3v) is 4.41. The molecule has 11 heteroatoms. The fraction of sp³-hybridized carbons (Fsp3) is 0.667. The molecule has 1 atom stereocenters. The van der Waals surface area contributed by atoms with Crippen molar-refractivity contribution < 1.29 is 22.7 Å². The van der Waals surface area contributed by atoms with Gasteiger partial charge < -0.3 is 20.3 Å². The number of piperazine rings is 1. The first kappa shape index (κ1) is 18.6. The Morgan fingerprint density at radius 1 is 1.27 bits per heavy atom. The SMILES string of the molecule is O=C(CCO[C@@H]1CCNc2c1n[nH]c(=O)c2C(F)(F)F)N1CCNCC1. The van der Waals surface area contributed by atoms with Crippen LogP contribution in [0.1, 0.15) is 30.2 Å². The molecule has 1 saturated heterocycles. The number of alkyl halides is 3. The third kappa shape index (κ3) is 3.98. The van der Waals surface area contributed by atoms with E-state index < -0.39 is 23.4 Å². The van der Waals surface area contributed by atoms with Gasteiger partial charge in [-0.25, -0.2) is 5.10 Å². The second kappa shape index (κ2) is 7.62. The van der Waals surface area contributed by atoms with E-state index in [1.54, 1.807) is 4.90 Å². The van der Waals surface area contributed by atoms with Crippen LogP contribution in [0.4, 0.5) is 18.9 Å². The molecule has 0 aromatic carbocycles. The Balaban J connectivity index is 1.66. The summed E-state index contributed by atoms with van der Waals surface area (Å²) in [5.74, 6) is -0.0499. The molecule has 3 N–H and O–H groups in total. The first-order chi connectivity index (χ1) is 12.4. The Labute approximate surface area is 147 Å². The zero-order valence-electron chi connectivity index (χ0n) is 14.0. The summed E-state index contributed by atoms with van der Waals surface area (Å²) in [4.78, 5) is 25.4. The topological polar surface area (TPSA) is 99.3 Å². The first-order valence-corrected chi connectivity index (χ1v) is 8.41. The van der Waals surface area contributed by atoms with Crippen molar-refractivity contribution in [2.24, 2.45) is 0 Å². The van der Waals surface area contributed by atoms with E-state index in [0.717, 1.165) is 13.1 Å². The van der Waals surface area contributed by atoms with E-state index in [0.29, 0.717) is 19.5 Å². The molecule has 2 aliphatic rings. The van der Waals surface area contributed by atoms with Crippen molar-refractivity contribution in [3.63, 3.8) is 0 Å². The highest BCUT2D eigenvalue weighted by molar-refractivity contribution is 5.76. The maximum absolute atomic E-state index is 13.1. The minimum absolute atomic E-state index is 0.0118. The summed E-state index contributed by atoms with van der Waals surface area (Å²) in [5.41, 5.74) is -2.92. The maximum atomic E-state index is 13.1. The standard InChI is InChI=1S/C15H20F3N5O3/c16-15(17,18)11-13-12(21-22-14(11)25)9(1-3-20-13)26-8-2-10(24)23-6-4-19-5-7-23/h9,19-20H,1-8H2,(H,22,25)/t9-/m1/s1. The summed E-state index contributed by atoms with van der Waals surface area (Å²) in [7, 11) is 0. The van der Waals surface area contributed by atoms with Gasteiger partial charge in [0.25, 0.3) is 5.56 Å². The van der Waals surface area contributed by atoms with Crippen molar-refractivity contribution in [1.82, 2.24) is 20.4 Å². The van der Waals surface area contributed by atoms with Crippen molar-refractivity contribution >= 4 is 11.6 Å². The van der Waals surface area contributed by atoms with Gasteiger partial charge in [0.15, 0.2) is 0 Å². The van der Waals surface area contributed by atoms with Gasteiger partial charge in [-0.1, -0.05) is 0 Å². The van der Waals surface area contributed by atoms with E-state index in [9.17, 15) is 22.8 Å². The van der Waals surface area contributed by atoms with E-state index in [2.05, 4.69) is 15.7 Å². The van der Waals surface area contributed by atoms with Crippen molar-refractivity contribution in [3.05, 3.63) is 21.6 Å². The Morgan fingerprint density at radius 3 is 2.69 bits per heavy atom. The number of H-pyrrole nitrogens is 1. The molecule has 0 aliphatic carbocycles. The summed E-state index contributed by atoms with van der Waals surface area (Å²) >= 11 is 0. The molecule has 1 fully saturated rings. The van der Waals surface area contributed by atoms with Gasteiger partial charge in [-0.3, -0.25) is 9.59 Å². The van der Waals surface area contributed by atoms with Gasteiger partial charge in [0.05, 0.1) is 18.7 Å². The Morgan fingerprint density at radius 2 is 2.00 bits per heavy atom. The number of hydrogen-bond donors (Lipinski definition) is 3. The average molecular weight is 375 g/mol. The number of hydrogen-bond acceptors (Lipinski definition) is 6. The molecule has 0 spiro atoms. The van der Waals surface area contributed by atoms with Crippen LogP contribution in [-0.4, -0.2) is 60.3 Å². The molecular formula is C15H20F3N5O3. The van der Waals surface area contributed by atoms with E-state index in [-0.39, 0.29) is 36.9 Å². The fourth-order valence-corrected chi connectivity index (χ4v) is 3.13. The van der Waals surface area contributed by atoms with Gasteiger partial charge in [-0.15, -0.1) is 0 Å². The largest absolute Gasteiger partial charge is 0.423 e. The zero-order valence-corrected chi connectivity index (χ0v) is 14.0. The average Bonchev–Trinajstić information content (AvgIpc) is 2.61. The monoisotopic (exact) mass is 375 g/mol. The number of nitrogens with one attached hydrogen (secondary N) is 3. The van der Waals surface area contributed by atoms with Gasteiger partial charge in [0.2, 0.25) is 5.91 Å². The molecule has 3 heterocycles. The van der Waals surface area contributed by atoms with Crippen LogP contribution in [0.2, 0.25) is 0 Å². The molecular weight excluding hydrogens is 355 g/mol. The van der Waals surface area contributed by atoms with Gasteiger partial charge >= 0.3 is 6.18 Å². The lowest BCUT2D eigenvalue weighted by Crippen LogP contribution is -2.46. The van der Waals surface area contributed by atoms with Crippen LogP contribution >= 0.6 is 0 Å². The van der Waals surface area contributed by atoms with Gasteiger partial charge in [-0.2, -0.15) is 18.3 Å². The minimum atomic E-state index is -4.80. The maximum Gasteiger partial charge on any atom is 0.423 e. The lowest BCUT2D eigenvalue weighted by atomic mass is 10.0. The lowest BCUT2D eigenvalue weighted by molar-refractivity contribution is -0.138. The van der Waals surface area contributed by atoms with Crippen LogP contribution in [0.25, 0.3) is 0 Å². The Bertz CT molecular complexity index is 715. The number of aromatic amines is 1. The molecule has 0 bridgehead atoms. The number of fused-ring (bicyclic) bond motifs is 1. The normalized spacial score (nSPS) is 20.4. The Hall–Kier alpha value is -2.14. The second-order valence-electron chi connectivity index (χ2n) is 6.14. The van der Waals surface area contributed by atoms with Crippen molar-refractivity contribution in [2.45, 2.75) is 25.1 Å². The number of rotatable bonds is 4. The minimum Gasteiger partial charge on any atom is -0.383 e.